The zero-order valence-electron chi connectivity index (χ0n) is 13.9. The third kappa shape index (κ3) is 3.55. The van der Waals surface area contributed by atoms with Gasteiger partial charge in [-0.05, 0) is 38.8 Å². The molecule has 1 amide bonds. The van der Waals surface area contributed by atoms with Gasteiger partial charge in [0.2, 0.25) is 0 Å². The lowest BCUT2D eigenvalue weighted by Crippen LogP contribution is -2.34. The molecule has 1 aliphatic heterocycles. The maximum absolute atomic E-state index is 12.8. The first kappa shape index (κ1) is 15.8. The smallest absolute Gasteiger partial charge is 0.254 e. The van der Waals surface area contributed by atoms with Crippen molar-refractivity contribution in [2.75, 3.05) is 18.4 Å². The summed E-state index contributed by atoms with van der Waals surface area (Å²) in [6, 6.07) is 4.17. The van der Waals surface area contributed by atoms with E-state index in [1.807, 2.05) is 24.0 Å². The first-order chi connectivity index (χ1) is 9.82. The van der Waals surface area contributed by atoms with Crippen molar-refractivity contribution in [2.45, 2.75) is 58.9 Å². The lowest BCUT2D eigenvalue weighted by atomic mass is 9.90. The largest absolute Gasteiger partial charge is 0.370 e. The Morgan fingerprint density at radius 1 is 1.43 bits per heavy atom. The zero-order chi connectivity index (χ0) is 15.6. The molecule has 1 atom stereocenters. The van der Waals surface area contributed by atoms with Crippen LogP contribution in [0.15, 0.2) is 12.1 Å². The molecular formula is C17H27N3O. The van der Waals surface area contributed by atoms with Crippen molar-refractivity contribution in [3.8, 4) is 0 Å². The van der Waals surface area contributed by atoms with E-state index in [2.05, 4.69) is 38.0 Å². The summed E-state index contributed by atoms with van der Waals surface area (Å²) >= 11 is 0. The summed E-state index contributed by atoms with van der Waals surface area (Å²) in [7, 11) is 0. The van der Waals surface area contributed by atoms with E-state index in [1.54, 1.807) is 0 Å². The quantitative estimate of drug-likeness (QED) is 0.927. The molecule has 1 fully saturated rings. The van der Waals surface area contributed by atoms with Gasteiger partial charge in [-0.3, -0.25) is 4.79 Å². The molecule has 2 rings (SSSR count). The summed E-state index contributed by atoms with van der Waals surface area (Å²) in [4.78, 5) is 19.4. The highest BCUT2D eigenvalue weighted by Crippen LogP contribution is 2.26. The predicted molar refractivity (Wildman–Crippen MR) is 86.8 cm³/mol. The van der Waals surface area contributed by atoms with Crippen LogP contribution in [0.4, 0.5) is 5.82 Å². The summed E-state index contributed by atoms with van der Waals surface area (Å²) in [6.45, 7) is 12.2. The van der Waals surface area contributed by atoms with Gasteiger partial charge in [0.05, 0.1) is 0 Å². The summed E-state index contributed by atoms with van der Waals surface area (Å²) in [5.41, 5.74) is 1.63. The number of anilines is 1. The Labute approximate surface area is 127 Å². The maximum atomic E-state index is 12.8. The molecule has 1 aliphatic rings. The normalized spacial score (nSPS) is 18.9. The van der Waals surface area contributed by atoms with E-state index >= 15 is 0 Å². The van der Waals surface area contributed by atoms with E-state index < -0.39 is 0 Å². The summed E-state index contributed by atoms with van der Waals surface area (Å²) < 4.78 is 0. The van der Waals surface area contributed by atoms with Crippen LogP contribution < -0.4 is 5.32 Å². The van der Waals surface area contributed by atoms with Gasteiger partial charge in [-0.1, -0.05) is 20.8 Å². The molecular weight excluding hydrogens is 262 g/mol. The molecule has 1 unspecified atom stereocenters. The van der Waals surface area contributed by atoms with Crippen LogP contribution in [-0.4, -0.2) is 34.9 Å². The summed E-state index contributed by atoms with van der Waals surface area (Å²) in [6.07, 6.45) is 2.20. The van der Waals surface area contributed by atoms with Crippen LogP contribution in [0, 0.1) is 0 Å². The number of likely N-dealkylation sites (tertiary alicyclic amines) is 1. The highest BCUT2D eigenvalue weighted by atomic mass is 16.2. The molecule has 0 bridgehead atoms. The first-order valence-corrected chi connectivity index (χ1v) is 7.90. The topological polar surface area (TPSA) is 45.2 Å². The number of pyridine rings is 1. The minimum atomic E-state index is -0.0723. The summed E-state index contributed by atoms with van der Waals surface area (Å²) in [5.74, 6) is 0.923. The number of aromatic nitrogens is 1. The molecule has 0 spiro atoms. The second-order valence-electron chi connectivity index (χ2n) is 6.90. The van der Waals surface area contributed by atoms with E-state index in [9.17, 15) is 4.79 Å². The second-order valence-corrected chi connectivity index (χ2v) is 6.90. The summed E-state index contributed by atoms with van der Waals surface area (Å²) in [5, 5.41) is 3.24. The Hall–Kier alpha value is -1.58. The van der Waals surface area contributed by atoms with Crippen molar-refractivity contribution >= 4 is 11.7 Å². The molecule has 116 valence electrons. The van der Waals surface area contributed by atoms with Crippen LogP contribution in [-0.2, 0) is 5.41 Å². The third-order valence-corrected chi connectivity index (χ3v) is 4.01. The average molecular weight is 289 g/mol. The van der Waals surface area contributed by atoms with Crippen molar-refractivity contribution in [3.63, 3.8) is 0 Å². The Morgan fingerprint density at radius 2 is 2.14 bits per heavy atom. The van der Waals surface area contributed by atoms with Crippen LogP contribution in [0.5, 0.6) is 0 Å². The SMILES string of the molecule is CCNc1cc(C(=O)N2CCCC2C)cc(C(C)(C)C)n1. The van der Waals surface area contributed by atoms with Gasteiger partial charge in [0.15, 0.2) is 0 Å². The Balaban J connectivity index is 2.37. The van der Waals surface area contributed by atoms with Crippen LogP contribution in [0.3, 0.4) is 0 Å². The molecule has 0 saturated carbocycles. The van der Waals surface area contributed by atoms with Gasteiger partial charge in [0.1, 0.15) is 5.82 Å². The molecule has 2 heterocycles. The molecule has 21 heavy (non-hydrogen) atoms. The van der Waals surface area contributed by atoms with Crippen LogP contribution >= 0.6 is 0 Å². The fourth-order valence-electron chi connectivity index (χ4n) is 2.71. The fraction of sp³-hybridized carbons (Fsp3) is 0.647. The molecule has 1 saturated heterocycles. The Bertz CT molecular complexity index is 519. The molecule has 1 aromatic rings. The van der Waals surface area contributed by atoms with Crippen molar-refractivity contribution in [3.05, 3.63) is 23.4 Å². The number of hydrogen-bond acceptors (Lipinski definition) is 3. The van der Waals surface area contributed by atoms with E-state index in [1.165, 1.54) is 0 Å². The zero-order valence-corrected chi connectivity index (χ0v) is 13.9. The van der Waals surface area contributed by atoms with Crippen LogP contribution in [0.1, 0.15) is 63.5 Å². The van der Waals surface area contributed by atoms with Crippen molar-refractivity contribution < 1.29 is 4.79 Å². The number of nitrogens with one attached hydrogen (secondary N) is 1. The van der Waals surface area contributed by atoms with E-state index in [0.717, 1.165) is 43.0 Å². The molecule has 0 radical (unpaired) electrons. The van der Waals surface area contributed by atoms with Gasteiger partial charge in [0, 0.05) is 35.8 Å². The minimum absolute atomic E-state index is 0.0723. The molecule has 0 aromatic carbocycles. The van der Waals surface area contributed by atoms with E-state index in [0.29, 0.717) is 6.04 Å². The number of amides is 1. The maximum Gasteiger partial charge on any atom is 0.254 e. The number of hydrogen-bond donors (Lipinski definition) is 1. The van der Waals surface area contributed by atoms with Crippen LogP contribution in [0.25, 0.3) is 0 Å². The molecule has 4 nitrogen and oxygen atoms in total. The van der Waals surface area contributed by atoms with Gasteiger partial charge in [-0.2, -0.15) is 0 Å². The van der Waals surface area contributed by atoms with Gasteiger partial charge >= 0.3 is 0 Å². The monoisotopic (exact) mass is 289 g/mol. The average Bonchev–Trinajstić information content (AvgIpc) is 2.83. The van der Waals surface area contributed by atoms with E-state index in [-0.39, 0.29) is 11.3 Å². The minimum Gasteiger partial charge on any atom is -0.370 e. The number of carbonyl (C=O) groups excluding carboxylic acids is 1. The fourth-order valence-corrected chi connectivity index (χ4v) is 2.71. The van der Waals surface area contributed by atoms with Crippen molar-refractivity contribution in [1.29, 1.82) is 0 Å². The molecule has 0 aliphatic carbocycles. The van der Waals surface area contributed by atoms with Gasteiger partial charge in [-0.25, -0.2) is 4.98 Å². The number of carbonyl (C=O) groups is 1. The van der Waals surface area contributed by atoms with Gasteiger partial charge in [-0.15, -0.1) is 0 Å². The number of rotatable bonds is 3. The van der Waals surface area contributed by atoms with Gasteiger partial charge < -0.3 is 10.2 Å². The standard InChI is InChI=1S/C17H27N3O/c1-6-18-15-11-13(10-14(19-15)17(3,4)5)16(21)20-9-7-8-12(20)2/h10-12H,6-9H2,1-5H3,(H,18,19). The Morgan fingerprint density at radius 3 is 2.67 bits per heavy atom. The first-order valence-electron chi connectivity index (χ1n) is 7.90. The molecule has 1 N–H and O–H groups in total. The van der Waals surface area contributed by atoms with Crippen molar-refractivity contribution in [1.82, 2.24) is 9.88 Å². The lowest BCUT2D eigenvalue weighted by molar-refractivity contribution is 0.0747. The predicted octanol–water partition coefficient (Wildman–Crippen LogP) is 3.44. The highest BCUT2D eigenvalue weighted by Gasteiger charge is 2.27. The Kier molecular flexibility index (Phi) is 4.55. The molecule has 4 heteroatoms. The van der Waals surface area contributed by atoms with Crippen LogP contribution in [0.2, 0.25) is 0 Å². The van der Waals surface area contributed by atoms with E-state index in [4.69, 9.17) is 0 Å². The lowest BCUT2D eigenvalue weighted by Gasteiger charge is -2.24. The third-order valence-electron chi connectivity index (χ3n) is 4.01. The van der Waals surface area contributed by atoms with Gasteiger partial charge in [0.25, 0.3) is 5.91 Å². The number of nitrogens with zero attached hydrogens (tertiary/aromatic N) is 2. The molecule has 1 aromatic heterocycles. The van der Waals surface area contributed by atoms with Crippen molar-refractivity contribution in [2.24, 2.45) is 0 Å². The second kappa shape index (κ2) is 6.04. The highest BCUT2D eigenvalue weighted by molar-refractivity contribution is 5.95.